The summed E-state index contributed by atoms with van der Waals surface area (Å²) in [5.74, 6) is -1.23. The van der Waals surface area contributed by atoms with E-state index in [1.54, 1.807) is 4.90 Å². The van der Waals surface area contributed by atoms with Gasteiger partial charge in [0, 0.05) is 38.6 Å². The Labute approximate surface area is 105 Å². The van der Waals surface area contributed by atoms with Crippen molar-refractivity contribution in [1.82, 2.24) is 14.8 Å². The second-order valence-corrected chi connectivity index (χ2v) is 4.36. The van der Waals surface area contributed by atoms with E-state index in [1.807, 2.05) is 7.05 Å². The van der Waals surface area contributed by atoms with Gasteiger partial charge >= 0.3 is 5.97 Å². The number of aromatic nitrogens is 1. The van der Waals surface area contributed by atoms with E-state index < -0.39 is 5.97 Å². The Morgan fingerprint density at radius 2 is 1.78 bits per heavy atom. The number of amides is 1. The smallest absolute Gasteiger partial charge is 0.337 e. The molecule has 96 valence electrons. The maximum Gasteiger partial charge on any atom is 0.337 e. The highest BCUT2D eigenvalue weighted by Crippen LogP contribution is 2.09. The fourth-order valence-corrected chi connectivity index (χ4v) is 1.87. The Morgan fingerprint density at radius 1 is 1.17 bits per heavy atom. The molecule has 1 aliphatic rings. The second-order valence-electron chi connectivity index (χ2n) is 4.36. The van der Waals surface area contributed by atoms with Crippen molar-refractivity contribution in [2.45, 2.75) is 0 Å². The zero-order valence-corrected chi connectivity index (χ0v) is 10.2. The summed E-state index contributed by atoms with van der Waals surface area (Å²) in [5, 5.41) is 8.86. The van der Waals surface area contributed by atoms with E-state index in [-0.39, 0.29) is 11.5 Å². The molecule has 1 aromatic rings. The number of hydrogen-bond donors (Lipinski definition) is 1. The molecular weight excluding hydrogens is 234 g/mol. The standard InChI is InChI=1S/C12H15N3O3/c1-14-2-4-15(5-3-14)11(16)9-6-10(12(17)18)8-13-7-9/h6-8H,2-5H2,1H3,(H,17,18). The number of nitrogens with zero attached hydrogens (tertiary/aromatic N) is 3. The molecule has 1 aliphatic heterocycles. The summed E-state index contributed by atoms with van der Waals surface area (Å²) in [6.45, 7) is 2.98. The van der Waals surface area contributed by atoms with Gasteiger partial charge < -0.3 is 14.9 Å². The van der Waals surface area contributed by atoms with Crippen molar-refractivity contribution in [3.8, 4) is 0 Å². The molecule has 0 bridgehead atoms. The highest BCUT2D eigenvalue weighted by molar-refractivity contribution is 5.97. The SMILES string of the molecule is CN1CCN(C(=O)c2cncc(C(=O)O)c2)CC1. The fraction of sp³-hybridized carbons (Fsp3) is 0.417. The van der Waals surface area contributed by atoms with Crippen molar-refractivity contribution in [2.75, 3.05) is 33.2 Å². The molecule has 0 radical (unpaired) electrons. The minimum Gasteiger partial charge on any atom is -0.478 e. The lowest BCUT2D eigenvalue weighted by Crippen LogP contribution is -2.47. The van der Waals surface area contributed by atoms with Crippen LogP contribution in [0.4, 0.5) is 0 Å². The van der Waals surface area contributed by atoms with Crippen LogP contribution in [0.15, 0.2) is 18.5 Å². The highest BCUT2D eigenvalue weighted by atomic mass is 16.4. The summed E-state index contributed by atoms with van der Waals surface area (Å²) >= 11 is 0. The van der Waals surface area contributed by atoms with Crippen molar-refractivity contribution < 1.29 is 14.7 Å². The fourth-order valence-electron chi connectivity index (χ4n) is 1.87. The van der Waals surface area contributed by atoms with E-state index in [9.17, 15) is 9.59 Å². The van der Waals surface area contributed by atoms with Crippen molar-refractivity contribution >= 4 is 11.9 Å². The van der Waals surface area contributed by atoms with Crippen LogP contribution >= 0.6 is 0 Å². The summed E-state index contributed by atoms with van der Waals surface area (Å²) in [6.07, 6.45) is 2.65. The predicted octanol–water partition coefficient (Wildman–Crippen LogP) is 0.167. The Kier molecular flexibility index (Phi) is 3.57. The van der Waals surface area contributed by atoms with Gasteiger partial charge in [-0.05, 0) is 13.1 Å². The number of aromatic carboxylic acids is 1. The van der Waals surface area contributed by atoms with Crippen LogP contribution in [0.25, 0.3) is 0 Å². The van der Waals surface area contributed by atoms with Gasteiger partial charge in [0.25, 0.3) is 5.91 Å². The van der Waals surface area contributed by atoms with Crippen LogP contribution in [0.5, 0.6) is 0 Å². The van der Waals surface area contributed by atoms with Gasteiger partial charge in [0.2, 0.25) is 0 Å². The molecule has 0 spiro atoms. The van der Waals surface area contributed by atoms with Gasteiger partial charge in [-0.3, -0.25) is 9.78 Å². The molecule has 1 N–H and O–H groups in total. The highest BCUT2D eigenvalue weighted by Gasteiger charge is 2.21. The number of rotatable bonds is 2. The van der Waals surface area contributed by atoms with Gasteiger partial charge in [-0.2, -0.15) is 0 Å². The first kappa shape index (κ1) is 12.5. The quantitative estimate of drug-likeness (QED) is 0.808. The molecule has 0 saturated carbocycles. The minimum absolute atomic E-state index is 0.0370. The van der Waals surface area contributed by atoms with E-state index >= 15 is 0 Å². The van der Waals surface area contributed by atoms with Crippen molar-refractivity contribution in [3.63, 3.8) is 0 Å². The number of piperazine rings is 1. The van der Waals surface area contributed by atoms with Gasteiger partial charge in [0.05, 0.1) is 11.1 Å². The number of carbonyl (C=O) groups is 2. The number of carbonyl (C=O) groups excluding carboxylic acids is 1. The Morgan fingerprint density at radius 3 is 2.39 bits per heavy atom. The van der Waals surface area contributed by atoms with E-state index in [0.717, 1.165) is 13.1 Å². The van der Waals surface area contributed by atoms with E-state index in [1.165, 1.54) is 18.5 Å². The zero-order chi connectivity index (χ0) is 13.1. The molecule has 1 amide bonds. The molecule has 18 heavy (non-hydrogen) atoms. The van der Waals surface area contributed by atoms with E-state index in [4.69, 9.17) is 5.11 Å². The molecule has 6 nitrogen and oxygen atoms in total. The van der Waals surface area contributed by atoms with Crippen LogP contribution in [-0.4, -0.2) is 65.0 Å². The average Bonchev–Trinajstić information content (AvgIpc) is 2.39. The van der Waals surface area contributed by atoms with Crippen molar-refractivity contribution in [2.24, 2.45) is 0 Å². The van der Waals surface area contributed by atoms with Crippen LogP contribution in [0.1, 0.15) is 20.7 Å². The molecule has 0 aliphatic carbocycles. The Balaban J connectivity index is 2.13. The van der Waals surface area contributed by atoms with Crippen LogP contribution in [0.3, 0.4) is 0 Å². The number of hydrogen-bond acceptors (Lipinski definition) is 4. The molecule has 0 atom stereocenters. The third-order valence-electron chi connectivity index (χ3n) is 3.02. The normalized spacial score (nSPS) is 16.6. The lowest BCUT2D eigenvalue weighted by molar-refractivity contribution is 0.0663. The lowest BCUT2D eigenvalue weighted by Gasteiger charge is -2.32. The van der Waals surface area contributed by atoms with Crippen LogP contribution < -0.4 is 0 Å². The molecule has 1 fully saturated rings. The molecule has 1 saturated heterocycles. The first-order valence-electron chi connectivity index (χ1n) is 5.74. The van der Waals surface area contributed by atoms with Gasteiger partial charge in [-0.15, -0.1) is 0 Å². The first-order chi connectivity index (χ1) is 8.58. The molecular formula is C12H15N3O3. The molecule has 2 rings (SSSR count). The van der Waals surface area contributed by atoms with Crippen LogP contribution in [-0.2, 0) is 0 Å². The Bertz CT molecular complexity index is 467. The number of carboxylic acid groups (broad SMARTS) is 1. The second kappa shape index (κ2) is 5.14. The minimum atomic E-state index is -1.07. The van der Waals surface area contributed by atoms with E-state index in [2.05, 4.69) is 9.88 Å². The first-order valence-corrected chi connectivity index (χ1v) is 5.74. The third kappa shape index (κ3) is 2.65. The Hall–Kier alpha value is -1.95. The van der Waals surface area contributed by atoms with Crippen molar-refractivity contribution in [3.05, 3.63) is 29.6 Å². The maximum absolute atomic E-state index is 12.2. The van der Waals surface area contributed by atoms with Crippen LogP contribution in [0, 0.1) is 0 Å². The molecule has 6 heteroatoms. The van der Waals surface area contributed by atoms with Gasteiger partial charge in [-0.1, -0.05) is 0 Å². The lowest BCUT2D eigenvalue weighted by atomic mass is 10.1. The van der Waals surface area contributed by atoms with Gasteiger partial charge in [-0.25, -0.2) is 4.79 Å². The number of pyridine rings is 1. The molecule has 0 unspecified atom stereocenters. The molecule has 2 heterocycles. The summed E-state index contributed by atoms with van der Waals surface area (Å²) in [7, 11) is 2.01. The summed E-state index contributed by atoms with van der Waals surface area (Å²) in [4.78, 5) is 30.7. The van der Waals surface area contributed by atoms with E-state index in [0.29, 0.717) is 18.7 Å². The monoisotopic (exact) mass is 249 g/mol. The summed E-state index contributed by atoms with van der Waals surface area (Å²) in [5.41, 5.74) is 0.370. The summed E-state index contributed by atoms with van der Waals surface area (Å²) < 4.78 is 0. The maximum atomic E-state index is 12.2. The van der Waals surface area contributed by atoms with Crippen LogP contribution in [0.2, 0.25) is 0 Å². The average molecular weight is 249 g/mol. The number of likely N-dealkylation sites (N-methyl/N-ethyl adjacent to an activating group) is 1. The third-order valence-corrected chi connectivity index (χ3v) is 3.02. The zero-order valence-electron chi connectivity index (χ0n) is 10.2. The largest absolute Gasteiger partial charge is 0.478 e. The predicted molar refractivity (Wildman–Crippen MR) is 64.6 cm³/mol. The number of carboxylic acids is 1. The molecule has 0 aromatic carbocycles. The van der Waals surface area contributed by atoms with Gasteiger partial charge in [0.15, 0.2) is 0 Å². The van der Waals surface area contributed by atoms with Gasteiger partial charge in [0.1, 0.15) is 0 Å². The summed E-state index contributed by atoms with van der Waals surface area (Å²) in [6, 6.07) is 1.37. The molecule has 1 aromatic heterocycles. The van der Waals surface area contributed by atoms with Crippen molar-refractivity contribution in [1.29, 1.82) is 0 Å². The topological polar surface area (TPSA) is 73.7 Å².